The fourth-order valence-electron chi connectivity index (χ4n) is 4.08. The van der Waals surface area contributed by atoms with Crippen molar-refractivity contribution in [3.8, 4) is 11.5 Å². The SMILES string of the molecule is C=CCC(C(=O)Nc1ccc(OC)c(OCCN2CCCCC2)c1)C1=CC=C(F)CC1. The minimum atomic E-state index is -0.368. The number of hydrogen-bond acceptors (Lipinski definition) is 4. The van der Waals surface area contributed by atoms with Gasteiger partial charge < -0.3 is 14.8 Å². The van der Waals surface area contributed by atoms with Crippen LogP contribution in [0.2, 0.25) is 0 Å². The van der Waals surface area contributed by atoms with Crippen LogP contribution >= 0.6 is 0 Å². The molecule has 1 N–H and O–H groups in total. The zero-order valence-corrected chi connectivity index (χ0v) is 18.4. The molecule has 1 amide bonds. The highest BCUT2D eigenvalue weighted by Gasteiger charge is 2.23. The van der Waals surface area contributed by atoms with Crippen LogP contribution in [0.5, 0.6) is 11.5 Å². The van der Waals surface area contributed by atoms with E-state index >= 15 is 0 Å². The van der Waals surface area contributed by atoms with Crippen LogP contribution in [0.3, 0.4) is 0 Å². The second-order valence-electron chi connectivity index (χ2n) is 8.04. The van der Waals surface area contributed by atoms with Gasteiger partial charge in [0.25, 0.3) is 0 Å². The molecule has 1 aliphatic carbocycles. The topological polar surface area (TPSA) is 50.8 Å². The number of allylic oxidation sites excluding steroid dienone is 4. The van der Waals surface area contributed by atoms with E-state index < -0.39 is 0 Å². The number of anilines is 1. The van der Waals surface area contributed by atoms with Crippen LogP contribution in [-0.4, -0.2) is 44.2 Å². The third kappa shape index (κ3) is 6.69. The summed E-state index contributed by atoms with van der Waals surface area (Å²) >= 11 is 0. The summed E-state index contributed by atoms with van der Waals surface area (Å²) in [5.41, 5.74) is 1.57. The van der Waals surface area contributed by atoms with Crippen molar-refractivity contribution >= 4 is 11.6 Å². The van der Waals surface area contributed by atoms with E-state index in [1.807, 2.05) is 0 Å². The molecule has 1 atom stereocenters. The minimum Gasteiger partial charge on any atom is -0.493 e. The normalized spacial score (nSPS) is 17.9. The first kappa shape index (κ1) is 23.1. The average Bonchev–Trinajstić information content (AvgIpc) is 2.79. The molecule has 6 heteroatoms. The lowest BCUT2D eigenvalue weighted by atomic mass is 9.88. The number of nitrogens with one attached hydrogen (secondary N) is 1. The standard InChI is InChI=1S/C25H33FN2O3/c1-3-7-22(19-8-10-20(26)11-9-19)25(29)27-21-12-13-23(30-2)24(18-21)31-17-16-28-14-5-4-6-15-28/h3,8,10,12-13,18,22H,1,4-7,9,11,14-17H2,2H3,(H,27,29). The highest BCUT2D eigenvalue weighted by Crippen LogP contribution is 2.32. The van der Waals surface area contributed by atoms with Gasteiger partial charge in [0.05, 0.1) is 13.0 Å². The number of amides is 1. The number of ether oxygens (including phenoxy) is 2. The molecule has 0 radical (unpaired) electrons. The van der Waals surface area contributed by atoms with Gasteiger partial charge in [-0.25, -0.2) is 4.39 Å². The smallest absolute Gasteiger partial charge is 0.231 e. The summed E-state index contributed by atoms with van der Waals surface area (Å²) in [6.07, 6.45) is 10.1. The van der Waals surface area contributed by atoms with Gasteiger partial charge in [0.15, 0.2) is 11.5 Å². The van der Waals surface area contributed by atoms with Crippen LogP contribution in [-0.2, 0) is 4.79 Å². The van der Waals surface area contributed by atoms with Gasteiger partial charge in [-0.15, -0.1) is 6.58 Å². The summed E-state index contributed by atoms with van der Waals surface area (Å²) in [7, 11) is 1.60. The first-order valence-corrected chi connectivity index (χ1v) is 11.1. The average molecular weight is 429 g/mol. The largest absolute Gasteiger partial charge is 0.493 e. The van der Waals surface area contributed by atoms with E-state index in [-0.39, 0.29) is 17.7 Å². The maximum absolute atomic E-state index is 13.4. The van der Waals surface area contributed by atoms with Gasteiger partial charge in [-0.05, 0) is 57.0 Å². The van der Waals surface area contributed by atoms with Crippen molar-refractivity contribution in [3.63, 3.8) is 0 Å². The number of halogens is 1. The van der Waals surface area contributed by atoms with E-state index in [0.29, 0.717) is 43.1 Å². The lowest BCUT2D eigenvalue weighted by Gasteiger charge is -2.26. The van der Waals surface area contributed by atoms with Crippen molar-refractivity contribution in [1.82, 2.24) is 4.90 Å². The van der Waals surface area contributed by atoms with E-state index in [1.54, 1.807) is 37.5 Å². The monoisotopic (exact) mass is 428 g/mol. The Morgan fingerprint density at radius 3 is 2.71 bits per heavy atom. The van der Waals surface area contributed by atoms with Crippen LogP contribution in [0.4, 0.5) is 10.1 Å². The molecule has 0 aromatic heterocycles. The van der Waals surface area contributed by atoms with Crippen molar-refractivity contribution < 1.29 is 18.7 Å². The van der Waals surface area contributed by atoms with Crippen LogP contribution in [0, 0.1) is 5.92 Å². The Balaban J connectivity index is 1.64. The van der Waals surface area contributed by atoms with Crippen molar-refractivity contribution in [2.24, 2.45) is 5.92 Å². The van der Waals surface area contributed by atoms with Gasteiger partial charge in [0.1, 0.15) is 12.4 Å². The van der Waals surface area contributed by atoms with Crippen LogP contribution in [0.15, 0.2) is 54.4 Å². The van der Waals surface area contributed by atoms with Crippen LogP contribution in [0.1, 0.15) is 38.5 Å². The van der Waals surface area contributed by atoms with E-state index in [0.717, 1.165) is 25.2 Å². The van der Waals surface area contributed by atoms with Gasteiger partial charge >= 0.3 is 0 Å². The number of rotatable bonds is 10. The number of piperidine rings is 1. The molecule has 0 spiro atoms. The number of carbonyl (C=O) groups is 1. The Hall–Kier alpha value is -2.60. The molecule has 1 fully saturated rings. The molecule has 1 heterocycles. The molecular formula is C25H33FN2O3. The number of carbonyl (C=O) groups excluding carboxylic acids is 1. The van der Waals surface area contributed by atoms with Crippen molar-refractivity contribution in [3.05, 3.63) is 54.4 Å². The fraction of sp³-hybridized carbons (Fsp3) is 0.480. The summed E-state index contributed by atoms with van der Waals surface area (Å²) in [6.45, 7) is 7.46. The molecule has 1 aromatic rings. The molecule has 168 valence electrons. The predicted molar refractivity (Wildman–Crippen MR) is 122 cm³/mol. The predicted octanol–water partition coefficient (Wildman–Crippen LogP) is 5.26. The summed E-state index contributed by atoms with van der Waals surface area (Å²) in [5, 5.41) is 2.98. The van der Waals surface area contributed by atoms with Crippen molar-refractivity contribution in [2.75, 3.05) is 38.7 Å². The highest BCUT2D eigenvalue weighted by atomic mass is 19.1. The van der Waals surface area contributed by atoms with Crippen molar-refractivity contribution in [1.29, 1.82) is 0 Å². The fourth-order valence-corrected chi connectivity index (χ4v) is 4.08. The Labute approximate surface area is 184 Å². The van der Waals surface area contributed by atoms with E-state index in [2.05, 4.69) is 16.8 Å². The molecule has 1 aliphatic heterocycles. The van der Waals surface area contributed by atoms with Gasteiger partial charge in [-0.2, -0.15) is 0 Å². The molecule has 0 saturated carbocycles. The molecule has 1 saturated heterocycles. The molecule has 1 unspecified atom stereocenters. The molecule has 2 aliphatic rings. The second-order valence-corrected chi connectivity index (χ2v) is 8.04. The first-order valence-electron chi connectivity index (χ1n) is 11.1. The molecule has 31 heavy (non-hydrogen) atoms. The summed E-state index contributed by atoms with van der Waals surface area (Å²) < 4.78 is 24.8. The maximum atomic E-state index is 13.4. The van der Waals surface area contributed by atoms with Gasteiger partial charge in [-0.1, -0.05) is 24.1 Å². The van der Waals surface area contributed by atoms with E-state index in [4.69, 9.17) is 9.47 Å². The molecule has 0 bridgehead atoms. The minimum absolute atomic E-state index is 0.133. The number of nitrogens with zero attached hydrogens (tertiary/aromatic N) is 1. The highest BCUT2D eigenvalue weighted by molar-refractivity contribution is 5.94. The lowest BCUT2D eigenvalue weighted by Crippen LogP contribution is -2.33. The van der Waals surface area contributed by atoms with E-state index in [1.165, 1.54) is 25.3 Å². The zero-order valence-electron chi connectivity index (χ0n) is 18.4. The maximum Gasteiger partial charge on any atom is 0.231 e. The first-order chi connectivity index (χ1) is 15.1. The third-order valence-electron chi connectivity index (χ3n) is 5.84. The summed E-state index contributed by atoms with van der Waals surface area (Å²) in [5.74, 6) is 0.594. The molecule has 5 nitrogen and oxygen atoms in total. The summed E-state index contributed by atoms with van der Waals surface area (Å²) in [6, 6.07) is 5.40. The Bertz CT molecular complexity index is 828. The van der Waals surface area contributed by atoms with Crippen molar-refractivity contribution in [2.45, 2.75) is 38.5 Å². The lowest BCUT2D eigenvalue weighted by molar-refractivity contribution is -0.118. The molecular weight excluding hydrogens is 395 g/mol. The van der Waals surface area contributed by atoms with Gasteiger partial charge in [0.2, 0.25) is 5.91 Å². The zero-order chi connectivity index (χ0) is 22.1. The van der Waals surface area contributed by atoms with Gasteiger partial charge in [-0.3, -0.25) is 9.69 Å². The van der Waals surface area contributed by atoms with Crippen LogP contribution in [0.25, 0.3) is 0 Å². The second kappa shape index (κ2) is 11.7. The van der Waals surface area contributed by atoms with Crippen LogP contribution < -0.4 is 14.8 Å². The van der Waals surface area contributed by atoms with E-state index in [9.17, 15) is 9.18 Å². The Kier molecular flexibility index (Phi) is 8.71. The number of benzene rings is 1. The summed E-state index contributed by atoms with van der Waals surface area (Å²) in [4.78, 5) is 15.4. The third-order valence-corrected chi connectivity index (χ3v) is 5.84. The Morgan fingerprint density at radius 1 is 1.23 bits per heavy atom. The number of likely N-dealkylation sites (tertiary alicyclic amines) is 1. The molecule has 1 aromatic carbocycles. The number of hydrogen-bond donors (Lipinski definition) is 1. The quantitative estimate of drug-likeness (QED) is 0.516. The molecule has 3 rings (SSSR count). The van der Waals surface area contributed by atoms with Gasteiger partial charge in [0, 0.05) is 24.7 Å². The number of methoxy groups -OCH3 is 1. The Morgan fingerprint density at radius 2 is 2.03 bits per heavy atom.